The highest BCUT2D eigenvalue weighted by atomic mass is 32.2. The van der Waals surface area contributed by atoms with Crippen LogP contribution in [-0.2, 0) is 14.3 Å². The highest BCUT2D eigenvalue weighted by molar-refractivity contribution is 8.00. The number of piperidine rings is 1. The summed E-state index contributed by atoms with van der Waals surface area (Å²) in [6.45, 7) is 4.80. The molecule has 0 saturated carbocycles. The number of carbonyl (C=O) groups excluding carboxylic acids is 2. The van der Waals surface area contributed by atoms with Crippen LogP contribution in [0.2, 0.25) is 0 Å². The molecule has 0 radical (unpaired) electrons. The smallest absolute Gasteiger partial charge is 0.328 e. The zero-order chi connectivity index (χ0) is 12.8. The first-order chi connectivity index (χ1) is 8.06. The molecule has 17 heavy (non-hydrogen) atoms. The van der Waals surface area contributed by atoms with Crippen LogP contribution in [0.4, 0.5) is 0 Å². The van der Waals surface area contributed by atoms with Gasteiger partial charge in [0.25, 0.3) is 0 Å². The van der Waals surface area contributed by atoms with Gasteiger partial charge in [-0.05, 0) is 24.5 Å². The summed E-state index contributed by atoms with van der Waals surface area (Å²) in [5.74, 6) is 0.219. The van der Waals surface area contributed by atoms with Gasteiger partial charge < -0.3 is 9.64 Å². The highest BCUT2D eigenvalue weighted by Crippen LogP contribution is 2.20. The molecule has 5 heteroatoms. The SMILES string of the molecule is COC(=O)[C@H]1CCCCN1C(=O)CSC(C)C. The number of esters is 1. The molecule has 1 heterocycles. The van der Waals surface area contributed by atoms with Crippen LogP contribution in [0.1, 0.15) is 33.1 Å². The van der Waals surface area contributed by atoms with Crippen LogP contribution in [0, 0.1) is 0 Å². The number of methoxy groups -OCH3 is 1. The number of likely N-dealkylation sites (tertiary alicyclic amines) is 1. The summed E-state index contributed by atoms with van der Waals surface area (Å²) in [7, 11) is 1.38. The van der Waals surface area contributed by atoms with E-state index >= 15 is 0 Å². The largest absolute Gasteiger partial charge is 0.467 e. The summed E-state index contributed by atoms with van der Waals surface area (Å²) in [5.41, 5.74) is 0. The Morgan fingerprint density at radius 1 is 1.41 bits per heavy atom. The van der Waals surface area contributed by atoms with Crippen molar-refractivity contribution in [2.75, 3.05) is 19.4 Å². The molecule has 4 nitrogen and oxygen atoms in total. The summed E-state index contributed by atoms with van der Waals surface area (Å²) in [6, 6.07) is -0.367. The molecule has 0 unspecified atom stereocenters. The Morgan fingerprint density at radius 3 is 2.71 bits per heavy atom. The van der Waals surface area contributed by atoms with Crippen molar-refractivity contribution in [2.45, 2.75) is 44.4 Å². The Balaban J connectivity index is 2.58. The van der Waals surface area contributed by atoms with E-state index in [1.165, 1.54) is 7.11 Å². The number of carbonyl (C=O) groups is 2. The minimum Gasteiger partial charge on any atom is -0.467 e. The Kier molecular flexibility index (Phi) is 5.82. The lowest BCUT2D eigenvalue weighted by molar-refractivity contribution is -0.153. The number of nitrogens with zero attached hydrogens (tertiary/aromatic N) is 1. The van der Waals surface area contributed by atoms with E-state index in [4.69, 9.17) is 4.74 Å². The van der Waals surface area contributed by atoms with Crippen molar-refractivity contribution < 1.29 is 14.3 Å². The van der Waals surface area contributed by atoms with Crippen LogP contribution in [0.3, 0.4) is 0 Å². The van der Waals surface area contributed by atoms with E-state index in [9.17, 15) is 9.59 Å². The number of thioether (sulfide) groups is 1. The van der Waals surface area contributed by atoms with Crippen molar-refractivity contribution in [1.29, 1.82) is 0 Å². The first-order valence-electron chi connectivity index (χ1n) is 6.05. The summed E-state index contributed by atoms with van der Waals surface area (Å²) < 4.78 is 4.76. The zero-order valence-electron chi connectivity index (χ0n) is 10.8. The van der Waals surface area contributed by atoms with Gasteiger partial charge in [-0.3, -0.25) is 4.79 Å². The standard InChI is InChI=1S/C12H21NO3S/c1-9(2)17-8-11(14)13-7-5-4-6-10(13)12(15)16-3/h9-10H,4-8H2,1-3H3/t10-/m1/s1. The van der Waals surface area contributed by atoms with Crippen molar-refractivity contribution >= 4 is 23.6 Å². The van der Waals surface area contributed by atoms with Gasteiger partial charge in [-0.25, -0.2) is 4.79 Å². The van der Waals surface area contributed by atoms with Crippen molar-refractivity contribution in [2.24, 2.45) is 0 Å². The lowest BCUT2D eigenvalue weighted by Gasteiger charge is -2.33. The second-order valence-corrected chi connectivity index (χ2v) is 6.05. The molecule has 1 aliphatic rings. The maximum Gasteiger partial charge on any atom is 0.328 e. The zero-order valence-corrected chi connectivity index (χ0v) is 11.6. The normalized spacial score (nSPS) is 20.5. The van der Waals surface area contributed by atoms with Gasteiger partial charge in [0.2, 0.25) is 5.91 Å². The third kappa shape index (κ3) is 4.22. The van der Waals surface area contributed by atoms with E-state index in [0.29, 0.717) is 17.5 Å². The van der Waals surface area contributed by atoms with Crippen LogP contribution in [-0.4, -0.2) is 47.5 Å². The molecule has 0 aromatic carbocycles. The molecule has 1 atom stereocenters. The summed E-state index contributed by atoms with van der Waals surface area (Å²) in [5, 5.41) is 0.431. The molecule has 0 aliphatic carbocycles. The second-order valence-electron chi connectivity index (χ2n) is 4.48. The third-order valence-electron chi connectivity index (χ3n) is 2.84. The molecule has 1 amide bonds. The lowest BCUT2D eigenvalue weighted by Crippen LogP contribution is -2.49. The molecule has 0 aromatic rings. The van der Waals surface area contributed by atoms with Gasteiger partial charge in [-0.2, -0.15) is 0 Å². The average molecular weight is 259 g/mol. The Hall–Kier alpha value is -0.710. The maximum atomic E-state index is 12.0. The van der Waals surface area contributed by atoms with E-state index in [-0.39, 0.29) is 17.9 Å². The average Bonchev–Trinajstić information content (AvgIpc) is 2.34. The summed E-state index contributed by atoms with van der Waals surface area (Å²) in [4.78, 5) is 25.3. The predicted octanol–water partition coefficient (Wildman–Crippen LogP) is 1.68. The molecule has 0 N–H and O–H groups in total. The summed E-state index contributed by atoms with van der Waals surface area (Å²) in [6.07, 6.45) is 2.69. The lowest BCUT2D eigenvalue weighted by atomic mass is 10.0. The van der Waals surface area contributed by atoms with Crippen LogP contribution in [0.25, 0.3) is 0 Å². The topological polar surface area (TPSA) is 46.6 Å². The number of ether oxygens (including phenoxy) is 1. The van der Waals surface area contributed by atoms with Crippen LogP contribution in [0.15, 0.2) is 0 Å². The van der Waals surface area contributed by atoms with Gasteiger partial charge >= 0.3 is 5.97 Å². The van der Waals surface area contributed by atoms with E-state index in [0.717, 1.165) is 19.3 Å². The highest BCUT2D eigenvalue weighted by Gasteiger charge is 2.32. The number of amides is 1. The quantitative estimate of drug-likeness (QED) is 0.721. The van der Waals surface area contributed by atoms with E-state index in [1.807, 2.05) is 0 Å². The van der Waals surface area contributed by atoms with E-state index in [2.05, 4.69) is 13.8 Å². The Labute approximate surface area is 107 Å². The molecule has 0 bridgehead atoms. The fraction of sp³-hybridized carbons (Fsp3) is 0.833. The van der Waals surface area contributed by atoms with Gasteiger partial charge in [0.15, 0.2) is 0 Å². The van der Waals surface area contributed by atoms with Gasteiger partial charge in [-0.1, -0.05) is 13.8 Å². The van der Waals surface area contributed by atoms with Gasteiger partial charge in [-0.15, -0.1) is 11.8 Å². The van der Waals surface area contributed by atoms with Crippen LogP contribution >= 0.6 is 11.8 Å². The van der Waals surface area contributed by atoms with Crippen LogP contribution in [0.5, 0.6) is 0 Å². The van der Waals surface area contributed by atoms with Crippen molar-refractivity contribution in [3.05, 3.63) is 0 Å². The third-order valence-corrected chi connectivity index (χ3v) is 3.92. The molecular weight excluding hydrogens is 238 g/mol. The number of rotatable bonds is 4. The maximum absolute atomic E-state index is 12.0. The fourth-order valence-corrected chi connectivity index (χ4v) is 2.57. The predicted molar refractivity (Wildman–Crippen MR) is 69.0 cm³/mol. The first kappa shape index (κ1) is 14.4. The Bertz CT molecular complexity index is 281. The second kappa shape index (κ2) is 6.89. The minimum atomic E-state index is -0.367. The number of hydrogen-bond donors (Lipinski definition) is 0. The van der Waals surface area contributed by atoms with E-state index in [1.54, 1.807) is 16.7 Å². The van der Waals surface area contributed by atoms with Gasteiger partial charge in [0, 0.05) is 6.54 Å². The molecule has 98 valence electrons. The van der Waals surface area contributed by atoms with E-state index < -0.39 is 0 Å². The fourth-order valence-electron chi connectivity index (χ4n) is 1.93. The molecule has 1 fully saturated rings. The Morgan fingerprint density at radius 2 is 2.12 bits per heavy atom. The number of hydrogen-bond acceptors (Lipinski definition) is 4. The molecule has 1 rings (SSSR count). The minimum absolute atomic E-state index is 0.0544. The van der Waals surface area contributed by atoms with Gasteiger partial charge in [0.1, 0.15) is 6.04 Å². The molecule has 0 spiro atoms. The molecule has 1 aliphatic heterocycles. The monoisotopic (exact) mass is 259 g/mol. The van der Waals surface area contributed by atoms with Crippen molar-refractivity contribution in [3.63, 3.8) is 0 Å². The van der Waals surface area contributed by atoms with Crippen molar-refractivity contribution in [1.82, 2.24) is 4.90 Å². The van der Waals surface area contributed by atoms with Crippen molar-refractivity contribution in [3.8, 4) is 0 Å². The molecule has 1 saturated heterocycles. The summed E-state index contributed by atoms with van der Waals surface area (Å²) >= 11 is 1.61. The van der Waals surface area contributed by atoms with Gasteiger partial charge in [0.05, 0.1) is 12.9 Å². The first-order valence-corrected chi connectivity index (χ1v) is 7.10. The molecule has 0 aromatic heterocycles. The van der Waals surface area contributed by atoms with Crippen LogP contribution < -0.4 is 0 Å². The molecular formula is C12H21NO3S.